The van der Waals surface area contributed by atoms with Crippen molar-refractivity contribution in [2.75, 3.05) is 26.2 Å². The molecular weight excluding hydrogens is 606 g/mol. The second-order valence-electron chi connectivity index (χ2n) is 14.9. The van der Waals surface area contributed by atoms with Crippen LogP contribution < -0.4 is 20.6 Å². The number of nitrogens with two attached hydrogens (primary N) is 1. The van der Waals surface area contributed by atoms with E-state index in [1.165, 1.54) is 0 Å². The van der Waals surface area contributed by atoms with E-state index >= 15 is 0 Å². The van der Waals surface area contributed by atoms with Crippen LogP contribution in [0.15, 0.2) is 36.7 Å². The van der Waals surface area contributed by atoms with Gasteiger partial charge in [0.1, 0.15) is 29.2 Å². The molecular formula is C34H54N5O8+. The molecule has 3 rings (SSSR count). The fourth-order valence-electron chi connectivity index (χ4n) is 4.93. The summed E-state index contributed by atoms with van der Waals surface area (Å²) in [5, 5.41) is 2.82. The molecule has 0 saturated carbocycles. The number of hydrogen-bond acceptors (Lipinski definition) is 9. The third-order valence-electron chi connectivity index (χ3n) is 6.94. The molecule has 1 aromatic heterocycles. The molecule has 1 aromatic carbocycles. The van der Waals surface area contributed by atoms with Gasteiger partial charge in [0.05, 0.1) is 18.3 Å². The van der Waals surface area contributed by atoms with Gasteiger partial charge in [-0.2, -0.15) is 4.68 Å². The molecule has 2 atom stereocenters. The Morgan fingerprint density at radius 3 is 2.17 bits per heavy atom. The predicted molar refractivity (Wildman–Crippen MR) is 175 cm³/mol. The van der Waals surface area contributed by atoms with Crippen LogP contribution in [0.1, 0.15) is 75.2 Å². The predicted octanol–water partition coefficient (Wildman–Crippen LogP) is 4.59. The molecule has 13 nitrogen and oxygen atoms in total. The van der Waals surface area contributed by atoms with Crippen molar-refractivity contribution in [3.8, 4) is 16.9 Å². The van der Waals surface area contributed by atoms with Gasteiger partial charge in [0, 0.05) is 25.6 Å². The van der Waals surface area contributed by atoms with Gasteiger partial charge in [-0.05, 0) is 92.9 Å². The maximum atomic E-state index is 12.6. The average Bonchev–Trinajstić information content (AvgIpc) is 3.56. The summed E-state index contributed by atoms with van der Waals surface area (Å²) < 4.78 is 26.3. The van der Waals surface area contributed by atoms with Crippen molar-refractivity contribution >= 4 is 18.2 Å². The highest BCUT2D eigenvalue weighted by Crippen LogP contribution is 2.24. The topological polar surface area (TPSA) is 147 Å². The molecule has 3 N–H and O–H groups in total. The molecule has 2 amide bonds. The Balaban J connectivity index is 1.69. The second-order valence-corrected chi connectivity index (χ2v) is 14.9. The third kappa shape index (κ3) is 13.1. The van der Waals surface area contributed by atoms with Crippen LogP contribution in [0, 0.1) is 5.92 Å². The number of benzene rings is 1. The zero-order valence-electron chi connectivity index (χ0n) is 29.5. The van der Waals surface area contributed by atoms with Crippen LogP contribution >= 0.6 is 0 Å². The van der Waals surface area contributed by atoms with E-state index in [-0.39, 0.29) is 18.6 Å². The second kappa shape index (κ2) is 15.8. The number of amides is 2. The Labute approximate surface area is 278 Å². The van der Waals surface area contributed by atoms with Gasteiger partial charge in [0.2, 0.25) is 12.3 Å². The van der Waals surface area contributed by atoms with Crippen molar-refractivity contribution in [2.24, 2.45) is 11.8 Å². The van der Waals surface area contributed by atoms with E-state index in [4.69, 9.17) is 29.7 Å². The molecule has 0 radical (unpaired) electrons. The zero-order valence-corrected chi connectivity index (χ0v) is 29.5. The van der Waals surface area contributed by atoms with Crippen LogP contribution in [-0.2, 0) is 36.9 Å². The van der Waals surface area contributed by atoms with Crippen molar-refractivity contribution in [1.82, 2.24) is 14.9 Å². The highest BCUT2D eigenvalue weighted by molar-refractivity contribution is 5.75. The molecule has 47 heavy (non-hydrogen) atoms. The summed E-state index contributed by atoms with van der Waals surface area (Å²) in [7, 11) is 0. The number of aromatic nitrogens is 2. The Morgan fingerprint density at radius 1 is 0.936 bits per heavy atom. The van der Waals surface area contributed by atoms with E-state index in [2.05, 4.69) is 27.1 Å². The lowest BCUT2D eigenvalue weighted by Gasteiger charge is -2.24. The Bertz CT molecular complexity index is 1340. The number of esters is 1. The first-order valence-electron chi connectivity index (χ1n) is 16.2. The van der Waals surface area contributed by atoms with Crippen molar-refractivity contribution in [2.45, 2.75) is 111 Å². The molecule has 1 saturated heterocycles. The van der Waals surface area contributed by atoms with Crippen molar-refractivity contribution < 1.29 is 42.9 Å². The van der Waals surface area contributed by atoms with E-state index in [1.807, 2.05) is 65.8 Å². The molecule has 0 bridgehead atoms. The number of nitrogens with one attached hydrogen (secondary N) is 1. The number of aryl methyl sites for hydroxylation is 1. The van der Waals surface area contributed by atoms with Gasteiger partial charge in [-0.3, -0.25) is 4.84 Å². The first kappa shape index (κ1) is 37.6. The average molecular weight is 661 g/mol. The molecule has 13 heteroatoms. The lowest BCUT2D eigenvalue weighted by molar-refractivity contribution is -0.780. The van der Waals surface area contributed by atoms with Crippen molar-refractivity contribution in [3.05, 3.63) is 36.7 Å². The molecule has 1 unspecified atom stereocenters. The van der Waals surface area contributed by atoms with Crippen LogP contribution in [0.25, 0.3) is 11.1 Å². The van der Waals surface area contributed by atoms with Crippen molar-refractivity contribution in [3.63, 3.8) is 0 Å². The number of ether oxygens (including phenoxy) is 4. The molecule has 262 valence electrons. The summed E-state index contributed by atoms with van der Waals surface area (Å²) >= 11 is 0. The minimum Gasteiger partial charge on any atom is -0.490 e. The van der Waals surface area contributed by atoms with E-state index in [0.29, 0.717) is 44.9 Å². The number of hydrogen-bond donors (Lipinski definition) is 2. The van der Waals surface area contributed by atoms with E-state index in [0.717, 1.165) is 17.5 Å². The normalized spacial score (nSPS) is 16.0. The van der Waals surface area contributed by atoms with Gasteiger partial charge in [-0.1, -0.05) is 12.1 Å². The summed E-state index contributed by atoms with van der Waals surface area (Å²) in [6, 6.07) is 7.52. The lowest BCUT2D eigenvalue weighted by atomic mass is 10.1. The maximum Gasteiger partial charge on any atom is 0.410 e. The van der Waals surface area contributed by atoms with Gasteiger partial charge in [-0.15, -0.1) is 4.68 Å². The summed E-state index contributed by atoms with van der Waals surface area (Å²) in [4.78, 5) is 43.7. The monoisotopic (exact) mass is 660 g/mol. The standard InChI is InChI=1S/C34H53N5O8/c1-32(2,3)44-29(40)28(47-35)23-43-27-13-11-25(12-14-27)26-21-38(17-10-16-36-30(41)45-33(4,5)6)39(22-26)20-24-15-18-37(19-24)31(42)46-34(7,8)9/h11-14,21-22,24,28H,10,15-20,23,35H2,1-9H3/p+1/t24-,28?/m1/s1. The smallest absolute Gasteiger partial charge is 0.410 e. The molecule has 1 aliphatic rings. The van der Waals surface area contributed by atoms with Crippen LogP contribution in [0.5, 0.6) is 5.75 Å². The number of likely N-dealkylation sites (tertiary alicyclic amines) is 1. The minimum absolute atomic E-state index is 0.0971. The summed E-state index contributed by atoms with van der Waals surface area (Å²) in [5.41, 5.74) is 0.189. The third-order valence-corrected chi connectivity index (χ3v) is 6.94. The fourth-order valence-corrected chi connectivity index (χ4v) is 4.93. The van der Waals surface area contributed by atoms with E-state index in [1.54, 1.807) is 25.7 Å². The largest absolute Gasteiger partial charge is 0.490 e. The maximum absolute atomic E-state index is 12.6. The van der Waals surface area contributed by atoms with Gasteiger partial charge in [0.15, 0.2) is 6.54 Å². The summed E-state index contributed by atoms with van der Waals surface area (Å²) in [6.45, 7) is 19.4. The Hall–Kier alpha value is -3.84. The molecule has 1 fully saturated rings. The van der Waals surface area contributed by atoms with Crippen LogP contribution in [0.2, 0.25) is 0 Å². The molecule has 0 spiro atoms. The lowest BCUT2D eigenvalue weighted by Crippen LogP contribution is -2.46. The van der Waals surface area contributed by atoms with Crippen LogP contribution in [0.4, 0.5) is 9.59 Å². The Kier molecular flexibility index (Phi) is 12.7. The zero-order chi connectivity index (χ0) is 35.0. The number of alkyl carbamates (subject to hydrolysis) is 1. The first-order chi connectivity index (χ1) is 21.8. The highest BCUT2D eigenvalue weighted by atomic mass is 16.7. The fraction of sp³-hybridized carbons (Fsp3) is 0.647. The molecule has 0 aliphatic carbocycles. The molecule has 1 aliphatic heterocycles. The Morgan fingerprint density at radius 2 is 1.57 bits per heavy atom. The number of rotatable bonds is 12. The van der Waals surface area contributed by atoms with Gasteiger partial charge < -0.3 is 29.2 Å². The summed E-state index contributed by atoms with van der Waals surface area (Å²) in [5.74, 6) is 5.53. The van der Waals surface area contributed by atoms with Gasteiger partial charge in [0.25, 0.3) is 0 Å². The SMILES string of the molecule is CC(C)(C)OC(=O)NCCCn1cc(-c2ccc(OCC(ON)C(=O)OC(C)(C)C)cc2)c[n+]1C[C@@H]1CCN(C(=O)OC(C)(C)C)C1. The minimum atomic E-state index is -1.06. The summed E-state index contributed by atoms with van der Waals surface area (Å²) in [6.07, 6.45) is 3.94. The number of nitrogens with zero attached hydrogens (tertiary/aromatic N) is 3. The van der Waals surface area contributed by atoms with E-state index < -0.39 is 35.0 Å². The highest BCUT2D eigenvalue weighted by Gasteiger charge is 2.33. The first-order valence-corrected chi connectivity index (χ1v) is 16.2. The van der Waals surface area contributed by atoms with E-state index in [9.17, 15) is 14.4 Å². The van der Waals surface area contributed by atoms with Gasteiger partial charge in [-0.25, -0.2) is 20.3 Å². The molecule has 2 aromatic rings. The van der Waals surface area contributed by atoms with Crippen molar-refractivity contribution in [1.29, 1.82) is 0 Å². The van der Waals surface area contributed by atoms with Gasteiger partial charge >= 0.3 is 18.2 Å². The number of carbonyl (C=O) groups is 3. The quantitative estimate of drug-likeness (QED) is 0.110. The van der Waals surface area contributed by atoms with Crippen LogP contribution in [-0.4, -0.2) is 76.9 Å². The molecule has 2 heterocycles. The van der Waals surface area contributed by atoms with Crippen LogP contribution in [0.3, 0.4) is 0 Å². The number of carbonyl (C=O) groups excluding carboxylic acids is 3.